The van der Waals surface area contributed by atoms with Gasteiger partial charge in [0.1, 0.15) is 5.01 Å². The number of hydrogen-bond acceptors (Lipinski definition) is 4. The van der Waals surface area contributed by atoms with Gasteiger partial charge in [-0.3, -0.25) is 4.79 Å². The molecular formula is C13H21N3OS. The molecule has 1 amide bonds. The van der Waals surface area contributed by atoms with Gasteiger partial charge in [-0.1, -0.05) is 50.9 Å². The maximum Gasteiger partial charge on any atom is 0.226 e. The van der Waals surface area contributed by atoms with Crippen LogP contribution in [0.2, 0.25) is 0 Å². The number of rotatable bonds is 5. The topological polar surface area (TPSA) is 54.9 Å². The number of carbonyl (C=O) groups excluding carboxylic acids is 1. The van der Waals surface area contributed by atoms with Crippen molar-refractivity contribution in [1.29, 1.82) is 0 Å². The summed E-state index contributed by atoms with van der Waals surface area (Å²) in [6, 6.07) is 0. The molecule has 1 aromatic heterocycles. The zero-order valence-electron chi connectivity index (χ0n) is 11.1. The average molecular weight is 267 g/mol. The van der Waals surface area contributed by atoms with Crippen LogP contribution in [0.1, 0.15) is 63.3 Å². The predicted octanol–water partition coefficient (Wildman–Crippen LogP) is 3.57. The van der Waals surface area contributed by atoms with E-state index >= 15 is 0 Å². The van der Waals surface area contributed by atoms with E-state index in [4.69, 9.17) is 0 Å². The SMILES string of the molecule is CC(C)c1nnc(NC(=O)CCC2CCCC2)s1. The van der Waals surface area contributed by atoms with Crippen LogP contribution >= 0.6 is 11.3 Å². The molecule has 4 nitrogen and oxygen atoms in total. The standard InChI is InChI=1S/C13H21N3OS/c1-9(2)12-15-16-13(18-12)14-11(17)8-7-10-5-3-4-6-10/h9-10H,3-8H2,1-2H3,(H,14,16,17). The molecule has 0 saturated heterocycles. The van der Waals surface area contributed by atoms with Crippen molar-refractivity contribution in [3.05, 3.63) is 5.01 Å². The molecule has 18 heavy (non-hydrogen) atoms. The Labute approximate surface area is 112 Å². The van der Waals surface area contributed by atoms with Gasteiger partial charge in [-0.15, -0.1) is 10.2 Å². The molecule has 1 saturated carbocycles. The quantitative estimate of drug-likeness (QED) is 0.887. The Morgan fingerprint density at radius 1 is 1.39 bits per heavy atom. The van der Waals surface area contributed by atoms with Crippen molar-refractivity contribution in [3.8, 4) is 0 Å². The van der Waals surface area contributed by atoms with Gasteiger partial charge in [0.2, 0.25) is 11.0 Å². The van der Waals surface area contributed by atoms with Gasteiger partial charge in [0.25, 0.3) is 0 Å². The minimum atomic E-state index is 0.0772. The zero-order chi connectivity index (χ0) is 13.0. The van der Waals surface area contributed by atoms with Gasteiger partial charge >= 0.3 is 0 Å². The molecule has 0 atom stereocenters. The smallest absolute Gasteiger partial charge is 0.226 e. The third kappa shape index (κ3) is 3.77. The van der Waals surface area contributed by atoms with Gasteiger partial charge in [0, 0.05) is 12.3 Å². The van der Waals surface area contributed by atoms with E-state index in [1.54, 1.807) is 0 Å². The highest BCUT2D eigenvalue weighted by molar-refractivity contribution is 7.15. The Kier molecular flexibility index (Phi) is 4.69. The van der Waals surface area contributed by atoms with E-state index in [-0.39, 0.29) is 5.91 Å². The fraction of sp³-hybridized carbons (Fsp3) is 0.769. The lowest BCUT2D eigenvalue weighted by Gasteiger charge is -2.07. The molecule has 0 unspecified atom stereocenters. The average Bonchev–Trinajstić information content (AvgIpc) is 2.96. The number of nitrogens with zero attached hydrogens (tertiary/aromatic N) is 2. The summed E-state index contributed by atoms with van der Waals surface area (Å²) in [5.74, 6) is 1.20. The minimum Gasteiger partial charge on any atom is -0.301 e. The highest BCUT2D eigenvalue weighted by atomic mass is 32.1. The van der Waals surface area contributed by atoms with Gasteiger partial charge in [-0.25, -0.2) is 0 Å². The summed E-state index contributed by atoms with van der Waals surface area (Å²) >= 11 is 1.47. The third-order valence-electron chi connectivity index (χ3n) is 3.44. The maximum atomic E-state index is 11.8. The van der Waals surface area contributed by atoms with Crippen molar-refractivity contribution in [2.24, 2.45) is 5.92 Å². The molecule has 100 valence electrons. The van der Waals surface area contributed by atoms with Gasteiger partial charge in [0.05, 0.1) is 0 Å². The number of aromatic nitrogens is 2. The van der Waals surface area contributed by atoms with Crippen LogP contribution in [-0.4, -0.2) is 16.1 Å². The second kappa shape index (κ2) is 6.27. The fourth-order valence-corrected chi connectivity index (χ4v) is 3.10. The Balaban J connectivity index is 1.75. The van der Waals surface area contributed by atoms with E-state index < -0.39 is 0 Å². The van der Waals surface area contributed by atoms with Gasteiger partial charge in [0.15, 0.2) is 0 Å². The lowest BCUT2D eigenvalue weighted by atomic mass is 10.0. The van der Waals surface area contributed by atoms with Crippen LogP contribution < -0.4 is 5.32 Å². The molecule has 0 bridgehead atoms. The molecule has 1 heterocycles. The largest absolute Gasteiger partial charge is 0.301 e. The van der Waals surface area contributed by atoms with Crippen molar-refractivity contribution >= 4 is 22.4 Å². The lowest BCUT2D eigenvalue weighted by molar-refractivity contribution is -0.116. The molecule has 1 aromatic rings. The second-order valence-electron chi connectivity index (χ2n) is 5.34. The van der Waals surface area contributed by atoms with Gasteiger partial charge < -0.3 is 5.32 Å². The third-order valence-corrected chi connectivity index (χ3v) is 4.57. The predicted molar refractivity (Wildman–Crippen MR) is 73.8 cm³/mol. The first-order valence-electron chi connectivity index (χ1n) is 6.78. The Morgan fingerprint density at radius 3 is 2.72 bits per heavy atom. The highest BCUT2D eigenvalue weighted by Gasteiger charge is 2.17. The fourth-order valence-electron chi connectivity index (χ4n) is 2.33. The lowest BCUT2D eigenvalue weighted by Crippen LogP contribution is -2.12. The Hall–Kier alpha value is -0.970. The highest BCUT2D eigenvalue weighted by Crippen LogP contribution is 2.29. The van der Waals surface area contributed by atoms with Crippen LogP contribution in [0.25, 0.3) is 0 Å². The van der Waals surface area contributed by atoms with Crippen LogP contribution in [0, 0.1) is 5.92 Å². The first-order valence-corrected chi connectivity index (χ1v) is 7.60. The van der Waals surface area contributed by atoms with Crippen LogP contribution in [0.15, 0.2) is 0 Å². The van der Waals surface area contributed by atoms with Crippen LogP contribution in [-0.2, 0) is 4.79 Å². The second-order valence-corrected chi connectivity index (χ2v) is 6.35. The number of hydrogen-bond donors (Lipinski definition) is 1. The van der Waals surface area contributed by atoms with Crippen molar-refractivity contribution in [2.75, 3.05) is 5.32 Å². The van der Waals surface area contributed by atoms with Crippen molar-refractivity contribution in [3.63, 3.8) is 0 Å². The minimum absolute atomic E-state index is 0.0772. The van der Waals surface area contributed by atoms with Gasteiger partial charge in [-0.05, 0) is 12.3 Å². The first kappa shape index (κ1) is 13.5. The number of nitrogens with one attached hydrogen (secondary N) is 1. The Morgan fingerprint density at radius 2 is 2.11 bits per heavy atom. The number of carbonyl (C=O) groups is 1. The molecule has 2 rings (SSSR count). The summed E-state index contributed by atoms with van der Waals surface area (Å²) in [4.78, 5) is 11.8. The zero-order valence-corrected chi connectivity index (χ0v) is 11.9. The molecule has 0 spiro atoms. The van der Waals surface area contributed by atoms with E-state index in [0.717, 1.165) is 17.3 Å². The number of anilines is 1. The van der Waals surface area contributed by atoms with Crippen LogP contribution in [0.5, 0.6) is 0 Å². The normalized spacial score (nSPS) is 16.4. The van der Waals surface area contributed by atoms with E-state index in [9.17, 15) is 4.79 Å². The van der Waals surface area contributed by atoms with Crippen molar-refractivity contribution in [2.45, 2.75) is 58.3 Å². The monoisotopic (exact) mass is 267 g/mol. The molecule has 0 aliphatic heterocycles. The molecule has 1 aliphatic rings. The molecular weight excluding hydrogens is 246 g/mol. The van der Waals surface area contributed by atoms with Crippen molar-refractivity contribution < 1.29 is 4.79 Å². The Bertz CT molecular complexity index is 397. The molecule has 1 N–H and O–H groups in total. The maximum absolute atomic E-state index is 11.8. The van der Waals surface area contributed by atoms with E-state index in [1.807, 2.05) is 0 Å². The molecule has 5 heteroatoms. The summed E-state index contributed by atoms with van der Waals surface area (Å²) in [5, 5.41) is 12.5. The van der Waals surface area contributed by atoms with E-state index in [0.29, 0.717) is 17.5 Å². The van der Waals surface area contributed by atoms with Gasteiger partial charge in [-0.2, -0.15) is 0 Å². The van der Waals surface area contributed by atoms with E-state index in [2.05, 4.69) is 29.4 Å². The van der Waals surface area contributed by atoms with E-state index in [1.165, 1.54) is 37.0 Å². The molecule has 0 radical (unpaired) electrons. The summed E-state index contributed by atoms with van der Waals surface area (Å²) < 4.78 is 0. The first-order chi connectivity index (χ1) is 8.65. The van der Waals surface area contributed by atoms with Crippen molar-refractivity contribution in [1.82, 2.24) is 10.2 Å². The molecule has 1 fully saturated rings. The summed E-state index contributed by atoms with van der Waals surface area (Å²) in [5.41, 5.74) is 0. The molecule has 1 aliphatic carbocycles. The summed E-state index contributed by atoms with van der Waals surface area (Å²) in [6.45, 7) is 4.15. The number of amides is 1. The summed E-state index contributed by atoms with van der Waals surface area (Å²) in [6.07, 6.45) is 6.89. The van der Waals surface area contributed by atoms with Crippen LogP contribution in [0.4, 0.5) is 5.13 Å². The summed E-state index contributed by atoms with van der Waals surface area (Å²) in [7, 11) is 0. The molecule has 0 aromatic carbocycles. The van der Waals surface area contributed by atoms with Crippen LogP contribution in [0.3, 0.4) is 0 Å².